The fourth-order valence-corrected chi connectivity index (χ4v) is 5.66. The molecule has 12 heteroatoms. The van der Waals surface area contributed by atoms with E-state index in [1.807, 2.05) is 19.1 Å². The molecule has 1 aliphatic rings. The molecular formula is C27H20Br2Cl2N2O5S. The normalized spacial score (nSPS) is 14.2. The summed E-state index contributed by atoms with van der Waals surface area (Å²) in [6, 6.07) is 15.8. The Morgan fingerprint density at radius 1 is 1.03 bits per heavy atom. The van der Waals surface area contributed by atoms with E-state index in [4.69, 9.17) is 32.7 Å². The number of para-hydroxylation sites is 1. The van der Waals surface area contributed by atoms with Crippen LogP contribution in [0.5, 0.6) is 11.5 Å². The molecule has 0 aliphatic carbocycles. The van der Waals surface area contributed by atoms with Gasteiger partial charge in [0.2, 0.25) is 5.91 Å². The number of hydrogen-bond acceptors (Lipinski definition) is 6. The molecule has 4 rings (SSSR count). The molecule has 7 nitrogen and oxygen atoms in total. The number of anilines is 1. The first-order valence-electron chi connectivity index (χ1n) is 11.5. The maximum atomic E-state index is 13.0. The van der Waals surface area contributed by atoms with E-state index in [0.717, 1.165) is 22.2 Å². The standard InChI is InChI=1S/C27H20Br2Cl2N2O5S/c1-2-37-22-11-16(9-18(29)25(22)38-14-15-7-8-19(30)20(31)10-15)12-23-26(35)33(27(36)39-23)13-24(34)32-21-6-4-3-5-17(21)28/h3-12H,2,13-14H2,1H3,(H,32,34)/b23-12+. The molecule has 1 aliphatic heterocycles. The predicted octanol–water partition coefficient (Wildman–Crippen LogP) is 8.17. The molecule has 0 saturated carbocycles. The Morgan fingerprint density at radius 2 is 1.79 bits per heavy atom. The highest BCUT2D eigenvalue weighted by Gasteiger charge is 2.36. The minimum absolute atomic E-state index is 0.188. The number of benzene rings is 3. The molecule has 3 aromatic rings. The average Bonchev–Trinajstić information content (AvgIpc) is 3.14. The van der Waals surface area contributed by atoms with Gasteiger partial charge in [-0.2, -0.15) is 0 Å². The molecule has 1 saturated heterocycles. The Morgan fingerprint density at radius 3 is 2.51 bits per heavy atom. The van der Waals surface area contributed by atoms with Gasteiger partial charge in [0, 0.05) is 4.47 Å². The van der Waals surface area contributed by atoms with E-state index in [1.54, 1.807) is 48.5 Å². The van der Waals surface area contributed by atoms with Crippen molar-refractivity contribution >= 4 is 95.6 Å². The lowest BCUT2D eigenvalue weighted by Crippen LogP contribution is -2.36. The number of thioether (sulfide) groups is 1. The van der Waals surface area contributed by atoms with E-state index in [9.17, 15) is 14.4 Å². The zero-order chi connectivity index (χ0) is 28.1. The number of nitrogens with one attached hydrogen (secondary N) is 1. The first-order valence-corrected chi connectivity index (χ1v) is 14.6. The summed E-state index contributed by atoms with van der Waals surface area (Å²) in [5.74, 6) is -0.126. The molecule has 0 radical (unpaired) electrons. The molecule has 39 heavy (non-hydrogen) atoms. The molecule has 0 atom stereocenters. The minimum atomic E-state index is -0.554. The van der Waals surface area contributed by atoms with Crippen molar-refractivity contribution in [1.82, 2.24) is 4.90 Å². The van der Waals surface area contributed by atoms with Gasteiger partial charge in [0.1, 0.15) is 13.2 Å². The van der Waals surface area contributed by atoms with Gasteiger partial charge in [-0.15, -0.1) is 0 Å². The quantitative estimate of drug-likeness (QED) is 0.225. The van der Waals surface area contributed by atoms with Gasteiger partial charge in [-0.1, -0.05) is 41.4 Å². The Labute approximate surface area is 256 Å². The van der Waals surface area contributed by atoms with Crippen LogP contribution in [0.3, 0.4) is 0 Å². The van der Waals surface area contributed by atoms with Crippen molar-refractivity contribution in [3.8, 4) is 11.5 Å². The Kier molecular flexibility index (Phi) is 10.0. The lowest BCUT2D eigenvalue weighted by Gasteiger charge is -2.15. The van der Waals surface area contributed by atoms with E-state index in [1.165, 1.54) is 0 Å². The maximum absolute atomic E-state index is 13.0. The summed E-state index contributed by atoms with van der Waals surface area (Å²) in [4.78, 5) is 39.2. The van der Waals surface area contributed by atoms with E-state index >= 15 is 0 Å². The Bertz CT molecular complexity index is 1480. The summed E-state index contributed by atoms with van der Waals surface area (Å²) in [5, 5.41) is 3.05. The topological polar surface area (TPSA) is 84.9 Å². The third-order valence-electron chi connectivity index (χ3n) is 5.32. The van der Waals surface area contributed by atoms with Crippen LogP contribution >= 0.6 is 66.8 Å². The van der Waals surface area contributed by atoms with Gasteiger partial charge < -0.3 is 14.8 Å². The summed E-state index contributed by atoms with van der Waals surface area (Å²) < 4.78 is 13.1. The lowest BCUT2D eigenvalue weighted by atomic mass is 10.1. The number of halogens is 4. The van der Waals surface area contributed by atoms with Crippen molar-refractivity contribution in [2.45, 2.75) is 13.5 Å². The number of ether oxygens (including phenoxy) is 2. The van der Waals surface area contributed by atoms with Crippen LogP contribution < -0.4 is 14.8 Å². The van der Waals surface area contributed by atoms with Crippen LogP contribution in [0.25, 0.3) is 6.08 Å². The highest BCUT2D eigenvalue weighted by Crippen LogP contribution is 2.40. The van der Waals surface area contributed by atoms with Gasteiger partial charge >= 0.3 is 0 Å². The molecule has 3 amide bonds. The van der Waals surface area contributed by atoms with Gasteiger partial charge in [-0.3, -0.25) is 19.3 Å². The van der Waals surface area contributed by atoms with Crippen LogP contribution in [0.4, 0.5) is 10.5 Å². The number of carbonyl (C=O) groups is 3. The molecule has 202 valence electrons. The fraction of sp³-hybridized carbons (Fsp3) is 0.148. The van der Waals surface area contributed by atoms with E-state index < -0.39 is 23.6 Å². The molecule has 1 heterocycles. The third kappa shape index (κ3) is 7.37. The molecule has 0 spiro atoms. The summed E-state index contributed by atoms with van der Waals surface area (Å²) >= 11 is 19.7. The summed E-state index contributed by atoms with van der Waals surface area (Å²) in [5.41, 5.74) is 1.97. The van der Waals surface area contributed by atoms with Gasteiger partial charge in [0.25, 0.3) is 11.1 Å². The second kappa shape index (κ2) is 13.2. The van der Waals surface area contributed by atoms with Crippen LogP contribution in [-0.2, 0) is 16.2 Å². The van der Waals surface area contributed by atoms with Crippen molar-refractivity contribution in [3.05, 3.63) is 89.6 Å². The molecule has 0 unspecified atom stereocenters. The largest absolute Gasteiger partial charge is 0.490 e. The van der Waals surface area contributed by atoms with E-state index in [0.29, 0.717) is 48.3 Å². The number of hydrogen-bond donors (Lipinski definition) is 1. The number of amides is 3. The van der Waals surface area contributed by atoms with Crippen molar-refractivity contribution in [2.24, 2.45) is 0 Å². The van der Waals surface area contributed by atoms with Crippen LogP contribution in [0.1, 0.15) is 18.1 Å². The molecule has 1 fully saturated rings. The van der Waals surface area contributed by atoms with Crippen molar-refractivity contribution in [3.63, 3.8) is 0 Å². The minimum Gasteiger partial charge on any atom is -0.490 e. The van der Waals surface area contributed by atoms with Gasteiger partial charge in [-0.05, 0) is 104 Å². The van der Waals surface area contributed by atoms with Crippen LogP contribution in [0.15, 0.2) is 68.4 Å². The zero-order valence-electron chi connectivity index (χ0n) is 20.3. The number of rotatable bonds is 9. The van der Waals surface area contributed by atoms with Crippen LogP contribution in [-0.4, -0.2) is 35.1 Å². The first kappa shape index (κ1) is 29.5. The Hall–Kier alpha value is -2.50. The monoisotopic (exact) mass is 712 g/mol. The second-order valence-electron chi connectivity index (χ2n) is 8.10. The molecular weight excluding hydrogens is 695 g/mol. The average molecular weight is 715 g/mol. The van der Waals surface area contributed by atoms with Gasteiger partial charge in [-0.25, -0.2) is 0 Å². The van der Waals surface area contributed by atoms with Crippen LogP contribution in [0, 0.1) is 0 Å². The summed E-state index contributed by atoms with van der Waals surface area (Å²) in [6.07, 6.45) is 1.58. The summed E-state index contributed by atoms with van der Waals surface area (Å²) in [7, 11) is 0. The number of imide groups is 1. The molecule has 3 aromatic carbocycles. The predicted molar refractivity (Wildman–Crippen MR) is 162 cm³/mol. The smallest absolute Gasteiger partial charge is 0.294 e. The SMILES string of the molecule is CCOc1cc(/C=C2/SC(=O)N(CC(=O)Nc3ccccc3Br)C2=O)cc(Br)c1OCc1ccc(Cl)c(Cl)c1. The fourth-order valence-electron chi connectivity index (χ4n) is 3.54. The highest BCUT2D eigenvalue weighted by molar-refractivity contribution is 9.11. The number of nitrogens with zero attached hydrogens (tertiary/aromatic N) is 1. The first-order chi connectivity index (χ1) is 18.7. The lowest BCUT2D eigenvalue weighted by molar-refractivity contribution is -0.127. The zero-order valence-corrected chi connectivity index (χ0v) is 25.8. The molecule has 0 aromatic heterocycles. The number of carbonyl (C=O) groups excluding carboxylic acids is 3. The van der Waals surface area contributed by atoms with Gasteiger partial charge in [0.05, 0.1) is 31.7 Å². The Balaban J connectivity index is 1.50. The summed E-state index contributed by atoms with van der Waals surface area (Å²) in [6.45, 7) is 2.03. The second-order valence-corrected chi connectivity index (χ2v) is 11.6. The maximum Gasteiger partial charge on any atom is 0.294 e. The van der Waals surface area contributed by atoms with Crippen molar-refractivity contribution < 1.29 is 23.9 Å². The van der Waals surface area contributed by atoms with E-state index in [2.05, 4.69) is 37.2 Å². The third-order valence-corrected chi connectivity index (χ3v) is 8.25. The highest BCUT2D eigenvalue weighted by atomic mass is 79.9. The van der Waals surface area contributed by atoms with Crippen LogP contribution in [0.2, 0.25) is 10.0 Å². The molecule has 1 N–H and O–H groups in total. The van der Waals surface area contributed by atoms with Crippen molar-refractivity contribution in [1.29, 1.82) is 0 Å². The van der Waals surface area contributed by atoms with Gasteiger partial charge in [0.15, 0.2) is 11.5 Å². The molecule has 0 bridgehead atoms. The van der Waals surface area contributed by atoms with E-state index in [-0.39, 0.29) is 11.5 Å². The van der Waals surface area contributed by atoms with Crippen molar-refractivity contribution in [2.75, 3.05) is 18.5 Å².